The standard InChI is InChI=1S/C84H102N4O32/c89-41-61-69(93)73(97)77(101)81(113-61)117-109-37-33-105-29-25-45-1-9-49(10-2-45)65-53-17-19-55(85-53)66(50-11-3-46(4-12-50)26-30-106-34-38-110-118-82-78(102)74(98)70(94)62(42-90)114-82)57-21-23-59(87-57)68(52-15-7-48(8-16-52)28-32-108-36-40-112-120-84-80(104)76(100)72(96)64(44-92)116-84)60-24-22-58(88-60)67(56-20-18-54(65)86-56)51-13-5-47(6-14-51)27-31-107-35-39-111-119-83-79(103)75(99)71(95)63(43-91)115-83/h1-24,61-64,69-85,88-104H,25-44H2/t61-,62-,63-,64-,69-,70-,71-,72-,73+,74+,75+,76+,77+,78+,79+,80+,81-,82-,83-,84-/m1/s1. The lowest BCUT2D eigenvalue weighted by Crippen LogP contribution is -2.59. The van der Waals surface area contributed by atoms with Gasteiger partial charge in [0.15, 0.2) is 0 Å². The minimum atomic E-state index is -1.63. The van der Waals surface area contributed by atoms with Crippen LogP contribution in [0.1, 0.15) is 45.0 Å². The summed E-state index contributed by atoms with van der Waals surface area (Å²) in [5, 5.41) is 161. The first-order chi connectivity index (χ1) is 58.3. The van der Waals surface area contributed by atoms with Crippen LogP contribution in [0.2, 0.25) is 0 Å². The van der Waals surface area contributed by atoms with Crippen LogP contribution in [-0.4, -0.2) is 330 Å². The number of H-pyrrole nitrogens is 2. The maximum Gasteiger partial charge on any atom is 0.220 e. The lowest BCUT2D eigenvalue weighted by molar-refractivity contribution is -0.426. The molecule has 0 spiro atoms. The lowest BCUT2D eigenvalue weighted by atomic mass is 9.99. The van der Waals surface area contributed by atoms with Crippen LogP contribution in [0.3, 0.4) is 0 Å². The van der Waals surface area contributed by atoms with E-state index in [2.05, 4.69) is 9.97 Å². The average Bonchev–Trinajstić information content (AvgIpc) is 1.61. The number of nitrogens with zero attached hydrogens (tertiary/aromatic N) is 2. The molecule has 9 heterocycles. The summed E-state index contributed by atoms with van der Waals surface area (Å²) in [6, 6.07) is 40.4. The Kier molecular flexibility index (Phi) is 32.6. The van der Waals surface area contributed by atoms with Crippen LogP contribution in [0, 0.1) is 0 Å². The zero-order valence-electron chi connectivity index (χ0n) is 65.1. The van der Waals surface area contributed by atoms with Crippen molar-refractivity contribution >= 4 is 46.4 Å². The number of aliphatic hydroxyl groups is 16. The smallest absolute Gasteiger partial charge is 0.220 e. The Morgan fingerprint density at radius 1 is 0.250 bits per heavy atom. The number of benzene rings is 4. The van der Waals surface area contributed by atoms with Crippen molar-refractivity contribution in [3.8, 4) is 44.5 Å². The summed E-state index contributed by atoms with van der Waals surface area (Å²) in [6.07, 6.45) is -19.8. The van der Waals surface area contributed by atoms with Crippen molar-refractivity contribution in [1.29, 1.82) is 0 Å². The molecule has 4 saturated heterocycles. The van der Waals surface area contributed by atoms with Crippen molar-refractivity contribution in [2.75, 3.05) is 106 Å². The Hall–Kier alpha value is -7.80. The molecule has 4 fully saturated rings. The van der Waals surface area contributed by atoms with Gasteiger partial charge in [0.1, 0.15) is 124 Å². The van der Waals surface area contributed by atoms with E-state index < -0.39 is 149 Å². The number of fused-ring (bicyclic) bond motifs is 8. The van der Waals surface area contributed by atoms with Gasteiger partial charge >= 0.3 is 0 Å². The summed E-state index contributed by atoms with van der Waals surface area (Å²) in [5.41, 5.74) is 15.8. The highest BCUT2D eigenvalue weighted by atomic mass is 17.2. The monoisotopic (exact) mass is 1680 g/mol. The first-order valence-electron chi connectivity index (χ1n) is 39.5. The molecule has 0 aliphatic carbocycles. The molecular weight excluding hydrogens is 1580 g/mol. The van der Waals surface area contributed by atoms with Crippen molar-refractivity contribution in [2.45, 2.75) is 149 Å². The van der Waals surface area contributed by atoms with Crippen LogP contribution in [0.4, 0.5) is 0 Å². The van der Waals surface area contributed by atoms with Crippen LogP contribution in [0.25, 0.3) is 90.9 Å². The van der Waals surface area contributed by atoms with Crippen LogP contribution in [0.15, 0.2) is 121 Å². The summed E-state index contributed by atoms with van der Waals surface area (Å²) in [6.45, 7) is -1.22. The van der Waals surface area contributed by atoms with Crippen molar-refractivity contribution in [1.82, 2.24) is 19.9 Å². The number of rotatable bonds is 40. The zero-order chi connectivity index (χ0) is 84.3. The van der Waals surface area contributed by atoms with Crippen molar-refractivity contribution in [3.05, 3.63) is 166 Å². The topological polar surface area (TPSA) is 529 Å². The second-order valence-corrected chi connectivity index (χ2v) is 29.2. The molecule has 36 nitrogen and oxygen atoms in total. The van der Waals surface area contributed by atoms with Crippen LogP contribution >= 0.6 is 0 Å². The van der Waals surface area contributed by atoms with E-state index in [-0.39, 0.29) is 52.9 Å². The molecule has 0 saturated carbocycles. The van der Waals surface area contributed by atoms with E-state index in [1.807, 2.05) is 146 Å². The third-order valence-electron chi connectivity index (χ3n) is 21.2. The molecule has 7 aromatic rings. The molecule has 0 amide bonds. The second kappa shape index (κ2) is 43.5. The van der Waals surface area contributed by atoms with E-state index in [1.54, 1.807) is 0 Å². The van der Waals surface area contributed by atoms with Gasteiger partial charge < -0.3 is 130 Å². The van der Waals surface area contributed by atoms with Gasteiger partial charge in [0.25, 0.3) is 0 Å². The fraction of sp³-hybridized carbons (Fsp3) is 0.476. The molecule has 6 aliphatic heterocycles. The molecule has 120 heavy (non-hydrogen) atoms. The number of ether oxygens (including phenoxy) is 8. The third-order valence-corrected chi connectivity index (χ3v) is 21.2. The van der Waals surface area contributed by atoms with Gasteiger partial charge in [-0.25, -0.2) is 49.1 Å². The van der Waals surface area contributed by atoms with Crippen LogP contribution in [-0.2, 0) is 103 Å². The van der Waals surface area contributed by atoms with Gasteiger partial charge in [-0.2, -0.15) is 0 Å². The highest BCUT2D eigenvalue weighted by molar-refractivity contribution is 6.00. The second-order valence-electron chi connectivity index (χ2n) is 29.2. The number of hydrogen-bond acceptors (Lipinski definition) is 34. The van der Waals surface area contributed by atoms with Gasteiger partial charge in [-0.15, -0.1) is 0 Å². The number of aliphatic hydroxyl groups excluding tert-OH is 16. The summed E-state index contributed by atoms with van der Waals surface area (Å²) in [4.78, 5) is 60.1. The van der Waals surface area contributed by atoms with Crippen molar-refractivity contribution in [2.24, 2.45) is 0 Å². The Bertz CT molecular complexity index is 4040. The van der Waals surface area contributed by atoms with E-state index >= 15 is 0 Å². The Labute approximate surface area is 687 Å². The minimum Gasteiger partial charge on any atom is -0.394 e. The maximum absolute atomic E-state index is 10.3. The van der Waals surface area contributed by atoms with E-state index in [0.29, 0.717) is 74.9 Å². The van der Waals surface area contributed by atoms with Gasteiger partial charge in [0.05, 0.1) is 102 Å². The molecule has 0 unspecified atom stereocenters. The number of aromatic amines is 2. The molecule has 0 radical (unpaired) electrons. The highest BCUT2D eigenvalue weighted by Gasteiger charge is 2.48. The number of hydrogen-bond donors (Lipinski definition) is 18. The predicted octanol–water partition coefficient (Wildman–Crippen LogP) is 0.552. The molecule has 650 valence electrons. The molecule has 13 rings (SSSR count). The molecule has 4 aromatic carbocycles. The SMILES string of the molecule is OC[C@H]1O[C@H](OOCCOCCc2ccc(-c3c4nc(c(-c5ccc(CCOCCOO[C@H]6O[C@H](CO)[C@@H](O)[C@H](O)[C@@H]6O)cc5)c5ccc([nH]5)c(-c5ccc(CCOCCOO[C@H]6O[C@H](CO)[C@@H](O)[C@H](O)[C@@H]6O)cc5)c5nc(c(-c6ccc(CCOCCOO[C@H]7O[C@H](CO)[C@@H](O)[C@H](O)[C@@H]7O)cc6)c6ccc3[nH]6)C=C5)C=C4)cc2)[C@@H](O)[C@@H](O)[C@@H]1O. The van der Waals surface area contributed by atoms with Gasteiger partial charge in [0, 0.05) is 44.3 Å². The molecule has 20 atom stereocenters. The normalized spacial score (nSPS) is 27.5. The van der Waals surface area contributed by atoms with Crippen molar-refractivity contribution < 1.29 is 159 Å². The fourth-order valence-electron chi connectivity index (χ4n) is 14.4. The highest BCUT2D eigenvalue weighted by Crippen LogP contribution is 2.40. The lowest BCUT2D eigenvalue weighted by Gasteiger charge is -2.38. The first-order valence-corrected chi connectivity index (χ1v) is 39.5. The van der Waals surface area contributed by atoms with Gasteiger partial charge in [-0.3, -0.25) is 0 Å². The zero-order valence-corrected chi connectivity index (χ0v) is 65.1. The molecule has 3 aromatic heterocycles. The van der Waals surface area contributed by atoms with Gasteiger partial charge in [0.2, 0.25) is 25.2 Å². The van der Waals surface area contributed by atoms with Gasteiger partial charge in [-0.05, 0) is 119 Å². The average molecular weight is 1680 g/mol. The summed E-state index contributed by atoms with van der Waals surface area (Å²) >= 11 is 0. The van der Waals surface area contributed by atoms with Crippen LogP contribution in [0.5, 0.6) is 0 Å². The Morgan fingerprint density at radius 2 is 0.458 bits per heavy atom. The van der Waals surface area contributed by atoms with E-state index in [0.717, 1.165) is 88.8 Å². The Balaban J connectivity index is 0.787. The quantitative estimate of drug-likeness (QED) is 0.0142. The number of nitrogens with one attached hydrogen (secondary N) is 2. The summed E-state index contributed by atoms with van der Waals surface area (Å²) < 4.78 is 44.9. The molecule has 8 bridgehead atoms. The van der Waals surface area contributed by atoms with Crippen molar-refractivity contribution in [3.63, 3.8) is 0 Å². The fourth-order valence-corrected chi connectivity index (χ4v) is 14.4. The van der Waals surface area contributed by atoms with E-state index in [4.69, 9.17) is 87.0 Å². The van der Waals surface area contributed by atoms with Gasteiger partial charge in [-0.1, -0.05) is 97.1 Å². The molecular formula is C84H102N4O32. The van der Waals surface area contributed by atoms with Crippen LogP contribution < -0.4 is 0 Å². The predicted molar refractivity (Wildman–Crippen MR) is 422 cm³/mol. The molecule has 18 N–H and O–H groups in total. The summed E-state index contributed by atoms with van der Waals surface area (Å²) in [7, 11) is 0. The summed E-state index contributed by atoms with van der Waals surface area (Å²) in [5.74, 6) is 0. The molecule has 36 heteroatoms. The molecule has 6 aliphatic rings. The van der Waals surface area contributed by atoms with E-state index in [1.165, 1.54) is 0 Å². The minimum absolute atomic E-state index is 0.0699. The first kappa shape index (κ1) is 89.9. The number of aromatic nitrogens is 4. The largest absolute Gasteiger partial charge is 0.394 e. The maximum atomic E-state index is 10.3. The Morgan fingerprint density at radius 3 is 0.658 bits per heavy atom. The van der Waals surface area contributed by atoms with E-state index in [9.17, 15) is 81.7 Å². The third kappa shape index (κ3) is 22.0.